The Morgan fingerprint density at radius 2 is 1.67 bits per heavy atom. The molecule has 0 saturated carbocycles. The molecule has 3 aromatic carbocycles. The summed E-state index contributed by atoms with van der Waals surface area (Å²) in [6.07, 6.45) is 0.759. The van der Waals surface area contributed by atoms with Gasteiger partial charge < -0.3 is 18.6 Å². The van der Waals surface area contributed by atoms with E-state index in [1.54, 1.807) is 14.2 Å². The Morgan fingerprint density at radius 3 is 2.39 bits per heavy atom. The topological polar surface area (TPSA) is 53.2 Å². The van der Waals surface area contributed by atoms with E-state index in [2.05, 4.69) is 0 Å². The minimum atomic E-state index is 0.595. The summed E-state index contributed by atoms with van der Waals surface area (Å²) in [6, 6.07) is 21.3. The molecule has 0 radical (unpaired) electrons. The molecule has 33 heavy (non-hydrogen) atoms. The van der Waals surface area contributed by atoms with Gasteiger partial charge in [-0.15, -0.1) is 0 Å². The highest BCUT2D eigenvalue weighted by atomic mass is 35.5. The molecular formula is C27H26ClNO4. The Balaban J connectivity index is 1.72. The second kappa shape index (κ2) is 10.5. The predicted octanol–water partition coefficient (Wildman–Crippen LogP) is 6.31. The number of hydrogen-bond donors (Lipinski definition) is 0. The van der Waals surface area contributed by atoms with E-state index in [0.717, 1.165) is 45.4 Å². The molecule has 5 nitrogen and oxygen atoms in total. The van der Waals surface area contributed by atoms with Crippen LogP contribution < -0.4 is 19.6 Å². The molecular weight excluding hydrogens is 438 g/mol. The van der Waals surface area contributed by atoms with Crippen molar-refractivity contribution in [2.75, 3.05) is 27.4 Å². The van der Waals surface area contributed by atoms with E-state index in [1.807, 2.05) is 73.7 Å². The average molecular weight is 464 g/mol. The molecule has 4 rings (SSSR count). The molecule has 0 N–H and O–H groups in total. The minimum absolute atomic E-state index is 0.595. The van der Waals surface area contributed by atoms with Crippen LogP contribution in [0.3, 0.4) is 0 Å². The molecule has 0 saturated heterocycles. The van der Waals surface area contributed by atoms with Crippen LogP contribution in [0.5, 0.6) is 17.2 Å². The number of benzene rings is 3. The highest BCUT2D eigenvalue weighted by molar-refractivity contribution is 6.30. The first kappa shape index (κ1) is 22.7. The van der Waals surface area contributed by atoms with Crippen molar-refractivity contribution in [1.29, 1.82) is 0 Å². The van der Waals surface area contributed by atoms with Crippen molar-refractivity contribution in [3.05, 3.63) is 82.7 Å². The lowest BCUT2D eigenvalue weighted by molar-refractivity contribution is 0.340. The first-order chi connectivity index (χ1) is 16.1. The summed E-state index contributed by atoms with van der Waals surface area (Å²) in [5.74, 6) is 2.94. The second-order valence-corrected chi connectivity index (χ2v) is 7.85. The van der Waals surface area contributed by atoms with Gasteiger partial charge in [-0.05, 0) is 73.5 Å². The van der Waals surface area contributed by atoms with E-state index in [1.165, 1.54) is 0 Å². The molecule has 0 bridgehead atoms. The molecule has 1 heterocycles. The van der Waals surface area contributed by atoms with Crippen LogP contribution in [0.4, 0.5) is 0 Å². The number of halogens is 1. The summed E-state index contributed by atoms with van der Waals surface area (Å²) in [4.78, 5) is 4.92. The molecule has 0 aliphatic carbocycles. The van der Waals surface area contributed by atoms with Crippen LogP contribution in [-0.2, 0) is 6.42 Å². The summed E-state index contributed by atoms with van der Waals surface area (Å²) >= 11 is 6.06. The van der Waals surface area contributed by atoms with Crippen LogP contribution in [0.15, 0.2) is 76.1 Å². The van der Waals surface area contributed by atoms with Crippen molar-refractivity contribution in [1.82, 2.24) is 0 Å². The van der Waals surface area contributed by atoms with Crippen LogP contribution in [0.2, 0.25) is 5.02 Å². The van der Waals surface area contributed by atoms with E-state index < -0.39 is 0 Å². The van der Waals surface area contributed by atoms with Gasteiger partial charge in [-0.25, -0.2) is 0 Å². The Hall–Kier alpha value is -3.44. The highest BCUT2D eigenvalue weighted by Gasteiger charge is 2.08. The Morgan fingerprint density at radius 1 is 0.879 bits per heavy atom. The second-order valence-electron chi connectivity index (χ2n) is 7.41. The monoisotopic (exact) mass is 463 g/mol. The average Bonchev–Trinajstić information content (AvgIpc) is 2.84. The number of rotatable bonds is 8. The zero-order chi connectivity index (χ0) is 23.2. The predicted molar refractivity (Wildman–Crippen MR) is 132 cm³/mol. The molecule has 0 spiro atoms. The fraction of sp³-hybridized carbons (Fsp3) is 0.222. The molecule has 4 aromatic rings. The van der Waals surface area contributed by atoms with Crippen molar-refractivity contribution >= 4 is 22.6 Å². The molecule has 170 valence electrons. The van der Waals surface area contributed by atoms with Crippen molar-refractivity contribution < 1.29 is 18.6 Å². The quantitative estimate of drug-likeness (QED) is 0.307. The summed E-state index contributed by atoms with van der Waals surface area (Å²) in [5, 5.41) is 2.44. The van der Waals surface area contributed by atoms with Crippen LogP contribution in [0.1, 0.15) is 12.5 Å². The smallest absolute Gasteiger partial charge is 0.160 e. The zero-order valence-corrected chi connectivity index (χ0v) is 19.7. The Bertz CT molecular complexity index is 1310. The van der Waals surface area contributed by atoms with Crippen molar-refractivity contribution in [3.63, 3.8) is 0 Å². The van der Waals surface area contributed by atoms with E-state index in [-0.39, 0.29) is 0 Å². The first-order valence-corrected chi connectivity index (χ1v) is 11.2. The van der Waals surface area contributed by atoms with Gasteiger partial charge in [0.15, 0.2) is 11.5 Å². The SMILES string of the molecule is CCOc1ccc2oc(-c3ccc(Cl)cc3)cc(=NCCc3ccc(OC)c(OC)c3)c2c1. The first-order valence-electron chi connectivity index (χ1n) is 10.8. The van der Waals surface area contributed by atoms with Gasteiger partial charge in [-0.1, -0.05) is 17.7 Å². The zero-order valence-electron chi connectivity index (χ0n) is 18.9. The van der Waals surface area contributed by atoms with Crippen LogP contribution in [-0.4, -0.2) is 27.4 Å². The highest BCUT2D eigenvalue weighted by Crippen LogP contribution is 2.28. The lowest BCUT2D eigenvalue weighted by Gasteiger charge is -2.09. The maximum absolute atomic E-state index is 6.19. The van der Waals surface area contributed by atoms with Gasteiger partial charge in [0.25, 0.3) is 0 Å². The lowest BCUT2D eigenvalue weighted by Crippen LogP contribution is -2.07. The molecule has 0 amide bonds. The number of nitrogens with zero attached hydrogens (tertiary/aromatic N) is 1. The third-order valence-corrected chi connectivity index (χ3v) is 5.54. The largest absolute Gasteiger partial charge is 0.494 e. The van der Waals surface area contributed by atoms with Gasteiger partial charge in [-0.3, -0.25) is 4.99 Å². The maximum Gasteiger partial charge on any atom is 0.160 e. The molecule has 0 unspecified atom stereocenters. The third-order valence-electron chi connectivity index (χ3n) is 5.29. The summed E-state index contributed by atoms with van der Waals surface area (Å²) in [7, 11) is 3.27. The molecule has 0 atom stereocenters. The van der Waals surface area contributed by atoms with Gasteiger partial charge in [0.2, 0.25) is 0 Å². The summed E-state index contributed by atoms with van der Waals surface area (Å²) in [5.41, 5.74) is 2.80. The normalized spacial score (nSPS) is 11.6. The fourth-order valence-electron chi connectivity index (χ4n) is 3.63. The summed E-state index contributed by atoms with van der Waals surface area (Å²) < 4.78 is 22.6. The Kier molecular flexibility index (Phi) is 7.20. The Labute approximate surface area is 198 Å². The van der Waals surface area contributed by atoms with Gasteiger partial charge in [0.05, 0.1) is 26.2 Å². The van der Waals surface area contributed by atoms with Gasteiger partial charge in [0, 0.05) is 28.6 Å². The van der Waals surface area contributed by atoms with E-state index >= 15 is 0 Å². The van der Waals surface area contributed by atoms with Crippen molar-refractivity contribution in [2.45, 2.75) is 13.3 Å². The van der Waals surface area contributed by atoms with Crippen molar-refractivity contribution in [2.24, 2.45) is 4.99 Å². The van der Waals surface area contributed by atoms with Crippen LogP contribution in [0, 0.1) is 0 Å². The summed E-state index contributed by atoms with van der Waals surface area (Å²) in [6.45, 7) is 3.16. The fourth-order valence-corrected chi connectivity index (χ4v) is 3.76. The van der Waals surface area contributed by atoms with Crippen LogP contribution in [0.25, 0.3) is 22.3 Å². The number of fused-ring (bicyclic) bond motifs is 1. The van der Waals surface area contributed by atoms with E-state index in [0.29, 0.717) is 29.7 Å². The van der Waals surface area contributed by atoms with E-state index in [4.69, 9.17) is 35.2 Å². The van der Waals surface area contributed by atoms with Gasteiger partial charge in [0.1, 0.15) is 17.1 Å². The van der Waals surface area contributed by atoms with Gasteiger partial charge in [-0.2, -0.15) is 0 Å². The molecule has 0 fully saturated rings. The maximum atomic E-state index is 6.19. The van der Waals surface area contributed by atoms with Crippen LogP contribution >= 0.6 is 11.6 Å². The minimum Gasteiger partial charge on any atom is -0.494 e. The number of hydrogen-bond acceptors (Lipinski definition) is 5. The third kappa shape index (κ3) is 5.32. The van der Waals surface area contributed by atoms with E-state index in [9.17, 15) is 0 Å². The standard InChI is InChI=1S/C27H26ClNO4/c1-4-32-21-10-12-24-22(16-21)23(17-26(33-24)19-6-8-20(28)9-7-19)29-14-13-18-5-11-25(30-2)27(15-18)31-3/h5-12,15-17H,4,13-14H2,1-3H3. The molecule has 0 aliphatic heterocycles. The van der Waals surface area contributed by atoms with Crippen molar-refractivity contribution in [3.8, 4) is 28.6 Å². The molecule has 6 heteroatoms. The molecule has 0 aliphatic rings. The number of ether oxygens (including phenoxy) is 3. The lowest BCUT2D eigenvalue weighted by atomic mass is 10.1. The molecule has 1 aromatic heterocycles. The van der Waals surface area contributed by atoms with Gasteiger partial charge >= 0.3 is 0 Å². The number of methoxy groups -OCH3 is 2.